The second-order valence-corrected chi connectivity index (χ2v) is 5.80. The van der Waals surface area contributed by atoms with Crippen molar-refractivity contribution >= 4 is 17.7 Å². The topological polar surface area (TPSA) is 83.0 Å². The Morgan fingerprint density at radius 3 is 2.52 bits per heavy atom. The largest absolute Gasteiger partial charge is 0.481 e. The van der Waals surface area contributed by atoms with Crippen molar-refractivity contribution in [3.05, 3.63) is 57.3 Å². The third kappa shape index (κ3) is 4.19. The number of aliphatic carboxylic acids is 1. The van der Waals surface area contributed by atoms with Crippen molar-refractivity contribution in [2.24, 2.45) is 0 Å². The van der Waals surface area contributed by atoms with Crippen molar-refractivity contribution in [3.63, 3.8) is 0 Å². The van der Waals surface area contributed by atoms with Crippen LogP contribution in [0.15, 0.2) is 34.0 Å². The SMILES string of the molecule is Cc1ccc(SCc2nc(C)c(CC(=O)O)c(=O)[nH]2)cc1. The number of hydrogen-bond acceptors (Lipinski definition) is 4. The molecule has 0 bridgehead atoms. The molecular weight excluding hydrogens is 288 g/mol. The number of rotatable bonds is 5. The Morgan fingerprint density at radius 1 is 1.29 bits per heavy atom. The van der Waals surface area contributed by atoms with Gasteiger partial charge in [-0.25, -0.2) is 4.98 Å². The summed E-state index contributed by atoms with van der Waals surface area (Å²) in [6.45, 7) is 3.69. The number of carboxylic acid groups (broad SMARTS) is 1. The van der Waals surface area contributed by atoms with Crippen molar-refractivity contribution in [2.45, 2.75) is 30.9 Å². The zero-order chi connectivity index (χ0) is 15.4. The molecule has 0 saturated heterocycles. The van der Waals surface area contributed by atoms with Gasteiger partial charge in [-0.05, 0) is 26.0 Å². The van der Waals surface area contributed by atoms with Crippen molar-refractivity contribution < 1.29 is 9.90 Å². The fourth-order valence-corrected chi connectivity index (χ4v) is 2.65. The Balaban J connectivity index is 2.12. The minimum Gasteiger partial charge on any atom is -0.481 e. The van der Waals surface area contributed by atoms with E-state index in [1.54, 1.807) is 18.7 Å². The number of hydrogen-bond donors (Lipinski definition) is 2. The molecule has 0 unspecified atom stereocenters. The maximum absolute atomic E-state index is 11.9. The lowest BCUT2D eigenvalue weighted by molar-refractivity contribution is -0.136. The van der Waals surface area contributed by atoms with E-state index in [1.807, 2.05) is 31.2 Å². The standard InChI is InChI=1S/C15H16N2O3S/c1-9-3-5-11(6-4-9)21-8-13-16-10(2)12(7-14(18)19)15(20)17-13/h3-6H,7-8H2,1-2H3,(H,18,19)(H,16,17,20). The number of carboxylic acids is 1. The molecular formula is C15H16N2O3S. The number of H-pyrrole nitrogens is 1. The summed E-state index contributed by atoms with van der Waals surface area (Å²) in [5.74, 6) is 0.0522. The van der Waals surface area contributed by atoms with Gasteiger partial charge in [0.1, 0.15) is 5.82 Å². The van der Waals surface area contributed by atoms with Gasteiger partial charge in [0.15, 0.2) is 0 Å². The van der Waals surface area contributed by atoms with Crippen molar-refractivity contribution in [1.29, 1.82) is 0 Å². The average molecular weight is 304 g/mol. The number of nitrogens with one attached hydrogen (secondary N) is 1. The van der Waals surface area contributed by atoms with Crippen LogP contribution in [-0.4, -0.2) is 21.0 Å². The van der Waals surface area contributed by atoms with Gasteiger partial charge >= 0.3 is 5.97 Å². The summed E-state index contributed by atoms with van der Waals surface area (Å²) in [5.41, 5.74) is 1.51. The number of aromatic amines is 1. The van der Waals surface area contributed by atoms with Gasteiger partial charge < -0.3 is 10.1 Å². The van der Waals surface area contributed by atoms with Crippen LogP contribution in [0.3, 0.4) is 0 Å². The maximum atomic E-state index is 11.9. The van der Waals surface area contributed by atoms with E-state index >= 15 is 0 Å². The molecule has 0 aliphatic rings. The second kappa shape index (κ2) is 6.58. The Labute approximate surface area is 126 Å². The van der Waals surface area contributed by atoms with E-state index in [9.17, 15) is 9.59 Å². The lowest BCUT2D eigenvalue weighted by Gasteiger charge is -2.06. The van der Waals surface area contributed by atoms with Crippen LogP contribution in [0, 0.1) is 13.8 Å². The minimum atomic E-state index is -1.04. The first kappa shape index (κ1) is 15.3. The summed E-state index contributed by atoms with van der Waals surface area (Å²) in [6.07, 6.45) is -0.306. The summed E-state index contributed by atoms with van der Waals surface area (Å²) in [4.78, 5) is 30.6. The monoisotopic (exact) mass is 304 g/mol. The zero-order valence-electron chi connectivity index (χ0n) is 11.8. The fraction of sp³-hybridized carbons (Fsp3) is 0.267. The highest BCUT2D eigenvalue weighted by atomic mass is 32.2. The minimum absolute atomic E-state index is 0.214. The number of aromatic nitrogens is 2. The van der Waals surface area contributed by atoms with Crippen molar-refractivity contribution in [3.8, 4) is 0 Å². The van der Waals surface area contributed by atoms with E-state index in [1.165, 1.54) is 5.56 Å². The van der Waals surface area contributed by atoms with Gasteiger partial charge in [0, 0.05) is 16.2 Å². The highest BCUT2D eigenvalue weighted by Crippen LogP contribution is 2.21. The Hall–Kier alpha value is -2.08. The molecule has 0 radical (unpaired) electrons. The molecule has 1 aromatic carbocycles. The number of benzene rings is 1. The second-order valence-electron chi connectivity index (χ2n) is 4.75. The summed E-state index contributed by atoms with van der Waals surface area (Å²) < 4.78 is 0. The Morgan fingerprint density at radius 2 is 1.95 bits per heavy atom. The molecule has 0 aliphatic carbocycles. The molecule has 0 atom stereocenters. The van der Waals surface area contributed by atoms with Crippen LogP contribution in [-0.2, 0) is 17.0 Å². The molecule has 0 spiro atoms. The van der Waals surface area contributed by atoms with Gasteiger partial charge in [-0.1, -0.05) is 17.7 Å². The molecule has 110 valence electrons. The van der Waals surface area contributed by atoms with Crippen LogP contribution >= 0.6 is 11.8 Å². The maximum Gasteiger partial charge on any atom is 0.308 e. The van der Waals surface area contributed by atoms with Crippen LogP contribution < -0.4 is 5.56 Å². The first-order chi connectivity index (χ1) is 9.95. The normalized spacial score (nSPS) is 10.6. The molecule has 0 fully saturated rings. The Bertz CT molecular complexity index is 708. The third-order valence-electron chi connectivity index (χ3n) is 3.00. The van der Waals surface area contributed by atoms with Crippen LogP contribution in [0.1, 0.15) is 22.6 Å². The lowest BCUT2D eigenvalue weighted by atomic mass is 10.2. The van der Waals surface area contributed by atoms with Gasteiger partial charge in [-0.3, -0.25) is 9.59 Å². The average Bonchev–Trinajstić information content (AvgIpc) is 2.42. The van der Waals surface area contributed by atoms with E-state index < -0.39 is 5.97 Å². The molecule has 21 heavy (non-hydrogen) atoms. The summed E-state index contributed by atoms with van der Waals surface area (Å²) in [5, 5.41) is 8.77. The number of carbonyl (C=O) groups is 1. The summed E-state index contributed by atoms with van der Waals surface area (Å²) >= 11 is 1.57. The smallest absolute Gasteiger partial charge is 0.308 e. The first-order valence-electron chi connectivity index (χ1n) is 6.45. The van der Waals surface area contributed by atoms with Crippen LogP contribution in [0.4, 0.5) is 0 Å². The fourth-order valence-electron chi connectivity index (χ4n) is 1.88. The zero-order valence-corrected chi connectivity index (χ0v) is 12.7. The number of nitrogens with zero attached hydrogens (tertiary/aromatic N) is 1. The molecule has 2 N–H and O–H groups in total. The van der Waals surface area contributed by atoms with E-state index in [0.29, 0.717) is 17.3 Å². The molecule has 1 aromatic heterocycles. The predicted octanol–water partition coefficient (Wildman–Crippen LogP) is 2.31. The number of aryl methyl sites for hydroxylation is 2. The Kier molecular flexibility index (Phi) is 4.80. The molecule has 5 nitrogen and oxygen atoms in total. The molecule has 1 heterocycles. The summed E-state index contributed by atoms with van der Waals surface area (Å²) in [7, 11) is 0. The van der Waals surface area contributed by atoms with Gasteiger partial charge in [0.05, 0.1) is 12.2 Å². The van der Waals surface area contributed by atoms with E-state index in [4.69, 9.17) is 5.11 Å². The highest BCUT2D eigenvalue weighted by molar-refractivity contribution is 7.98. The van der Waals surface area contributed by atoms with Crippen LogP contribution in [0.25, 0.3) is 0 Å². The molecule has 0 amide bonds. The van der Waals surface area contributed by atoms with Gasteiger partial charge in [0.25, 0.3) is 5.56 Å². The van der Waals surface area contributed by atoms with E-state index in [2.05, 4.69) is 9.97 Å². The number of thioether (sulfide) groups is 1. The quantitative estimate of drug-likeness (QED) is 0.828. The molecule has 2 rings (SSSR count). The van der Waals surface area contributed by atoms with Crippen LogP contribution in [0.2, 0.25) is 0 Å². The molecule has 0 saturated carbocycles. The summed E-state index contributed by atoms with van der Waals surface area (Å²) in [6, 6.07) is 8.09. The molecule has 2 aromatic rings. The van der Waals surface area contributed by atoms with Crippen LogP contribution in [0.5, 0.6) is 0 Å². The predicted molar refractivity (Wildman–Crippen MR) is 81.7 cm³/mol. The lowest BCUT2D eigenvalue weighted by Crippen LogP contribution is -2.21. The highest BCUT2D eigenvalue weighted by Gasteiger charge is 2.11. The van der Waals surface area contributed by atoms with Crippen molar-refractivity contribution in [1.82, 2.24) is 9.97 Å². The van der Waals surface area contributed by atoms with E-state index in [-0.39, 0.29) is 17.5 Å². The van der Waals surface area contributed by atoms with Gasteiger partial charge in [-0.15, -0.1) is 11.8 Å². The van der Waals surface area contributed by atoms with Gasteiger partial charge in [-0.2, -0.15) is 0 Å². The molecule has 0 aliphatic heterocycles. The van der Waals surface area contributed by atoms with Gasteiger partial charge in [0.2, 0.25) is 0 Å². The molecule has 6 heteroatoms. The first-order valence-corrected chi connectivity index (χ1v) is 7.44. The third-order valence-corrected chi connectivity index (χ3v) is 4.02. The van der Waals surface area contributed by atoms with E-state index in [0.717, 1.165) is 4.90 Å². The van der Waals surface area contributed by atoms with Crippen molar-refractivity contribution in [2.75, 3.05) is 0 Å².